The maximum atomic E-state index is 11.7. The van der Waals surface area contributed by atoms with Crippen LogP contribution in [0.1, 0.15) is 12.5 Å². The highest BCUT2D eigenvalue weighted by atomic mass is 16.5. The van der Waals surface area contributed by atoms with Gasteiger partial charge in [-0.05, 0) is 13.0 Å². The van der Waals surface area contributed by atoms with Crippen LogP contribution in [-0.2, 0) is 11.3 Å². The Hall–Kier alpha value is -1.75. The second-order valence-electron chi connectivity index (χ2n) is 4.51. The molecule has 0 aromatic heterocycles. The molecule has 106 valence electrons. The van der Waals surface area contributed by atoms with Crippen molar-refractivity contribution in [3.63, 3.8) is 0 Å². The Labute approximate surface area is 114 Å². The summed E-state index contributed by atoms with van der Waals surface area (Å²) in [7, 11) is 6.72. The Morgan fingerprint density at radius 1 is 1.32 bits per heavy atom. The molecule has 1 N–H and O–H groups in total. The average Bonchev–Trinajstić information content (AvgIpc) is 2.43. The standard InChI is InChI=1S/C14H22N2O3/c1-10(14(17)16(2)3)15-9-11-6-7-12(18-4)8-13(11)19-5/h6-8,10,15H,9H2,1-5H3. The van der Waals surface area contributed by atoms with Crippen molar-refractivity contribution < 1.29 is 14.3 Å². The third-order valence-electron chi connectivity index (χ3n) is 2.90. The van der Waals surface area contributed by atoms with Crippen molar-refractivity contribution in [3.8, 4) is 11.5 Å². The van der Waals surface area contributed by atoms with E-state index < -0.39 is 0 Å². The lowest BCUT2D eigenvalue weighted by atomic mass is 10.1. The van der Waals surface area contributed by atoms with Crippen molar-refractivity contribution in [3.05, 3.63) is 23.8 Å². The molecule has 1 unspecified atom stereocenters. The minimum atomic E-state index is -0.234. The van der Waals surface area contributed by atoms with Gasteiger partial charge in [-0.15, -0.1) is 0 Å². The highest BCUT2D eigenvalue weighted by Gasteiger charge is 2.14. The van der Waals surface area contributed by atoms with E-state index in [1.165, 1.54) is 0 Å². The van der Waals surface area contributed by atoms with E-state index in [9.17, 15) is 4.79 Å². The van der Waals surface area contributed by atoms with Crippen LogP contribution in [0.5, 0.6) is 11.5 Å². The summed E-state index contributed by atoms with van der Waals surface area (Å²) in [6, 6.07) is 5.40. The fourth-order valence-electron chi connectivity index (χ4n) is 1.74. The zero-order valence-corrected chi connectivity index (χ0v) is 12.2. The molecule has 0 bridgehead atoms. The van der Waals surface area contributed by atoms with Gasteiger partial charge in [-0.25, -0.2) is 0 Å². The first-order chi connectivity index (χ1) is 8.99. The second kappa shape index (κ2) is 6.99. The smallest absolute Gasteiger partial charge is 0.238 e. The molecule has 0 heterocycles. The van der Waals surface area contributed by atoms with Crippen LogP contribution in [0.2, 0.25) is 0 Å². The largest absolute Gasteiger partial charge is 0.497 e. The molecule has 0 aliphatic rings. The van der Waals surface area contributed by atoms with Crippen LogP contribution < -0.4 is 14.8 Å². The fourth-order valence-corrected chi connectivity index (χ4v) is 1.74. The van der Waals surface area contributed by atoms with Crippen molar-refractivity contribution >= 4 is 5.91 Å². The van der Waals surface area contributed by atoms with Gasteiger partial charge in [-0.2, -0.15) is 0 Å². The van der Waals surface area contributed by atoms with Crippen LogP contribution in [0, 0.1) is 0 Å². The first-order valence-corrected chi connectivity index (χ1v) is 6.15. The molecule has 19 heavy (non-hydrogen) atoms. The molecule has 1 amide bonds. The molecule has 1 rings (SSSR count). The Morgan fingerprint density at radius 2 is 2.00 bits per heavy atom. The molecule has 0 radical (unpaired) electrons. The topological polar surface area (TPSA) is 50.8 Å². The zero-order valence-electron chi connectivity index (χ0n) is 12.2. The first-order valence-electron chi connectivity index (χ1n) is 6.15. The molecular formula is C14H22N2O3. The molecule has 0 spiro atoms. The minimum Gasteiger partial charge on any atom is -0.497 e. The van der Waals surface area contributed by atoms with Gasteiger partial charge in [0.25, 0.3) is 0 Å². The molecular weight excluding hydrogens is 244 g/mol. The minimum absolute atomic E-state index is 0.0486. The number of hydrogen-bond donors (Lipinski definition) is 1. The van der Waals surface area contributed by atoms with Gasteiger partial charge < -0.3 is 19.7 Å². The third-order valence-corrected chi connectivity index (χ3v) is 2.90. The van der Waals surface area contributed by atoms with Crippen LogP contribution in [0.3, 0.4) is 0 Å². The summed E-state index contributed by atoms with van der Waals surface area (Å²) in [5, 5.41) is 3.18. The average molecular weight is 266 g/mol. The number of nitrogens with zero attached hydrogens (tertiary/aromatic N) is 1. The van der Waals surface area contributed by atoms with E-state index in [4.69, 9.17) is 9.47 Å². The number of nitrogens with one attached hydrogen (secondary N) is 1. The Kier molecular flexibility index (Phi) is 5.63. The van der Waals surface area contributed by atoms with Gasteiger partial charge in [0.2, 0.25) is 5.91 Å². The van der Waals surface area contributed by atoms with Gasteiger partial charge in [0, 0.05) is 32.3 Å². The van der Waals surface area contributed by atoms with Crippen LogP contribution in [-0.4, -0.2) is 45.2 Å². The lowest BCUT2D eigenvalue weighted by Gasteiger charge is -2.19. The van der Waals surface area contributed by atoms with E-state index in [1.54, 1.807) is 33.2 Å². The van der Waals surface area contributed by atoms with Gasteiger partial charge in [-0.3, -0.25) is 4.79 Å². The van der Waals surface area contributed by atoms with Gasteiger partial charge in [-0.1, -0.05) is 6.07 Å². The lowest BCUT2D eigenvalue weighted by Crippen LogP contribution is -2.41. The summed E-state index contributed by atoms with van der Waals surface area (Å²) in [5.41, 5.74) is 0.988. The number of hydrogen-bond acceptors (Lipinski definition) is 4. The third kappa shape index (κ3) is 4.13. The lowest BCUT2D eigenvalue weighted by molar-refractivity contribution is -0.130. The van der Waals surface area contributed by atoms with Crippen molar-refractivity contribution in [2.75, 3.05) is 28.3 Å². The Balaban J connectivity index is 2.70. The molecule has 5 heteroatoms. The normalized spacial score (nSPS) is 11.8. The molecule has 0 saturated heterocycles. The zero-order chi connectivity index (χ0) is 14.4. The van der Waals surface area contributed by atoms with Gasteiger partial charge >= 0.3 is 0 Å². The van der Waals surface area contributed by atoms with Crippen LogP contribution in [0.4, 0.5) is 0 Å². The highest BCUT2D eigenvalue weighted by molar-refractivity contribution is 5.80. The predicted molar refractivity (Wildman–Crippen MR) is 74.5 cm³/mol. The molecule has 0 aliphatic heterocycles. The number of ether oxygens (including phenoxy) is 2. The molecule has 1 atom stereocenters. The van der Waals surface area contributed by atoms with Gasteiger partial charge in [0.15, 0.2) is 0 Å². The summed E-state index contributed by atoms with van der Waals surface area (Å²) in [4.78, 5) is 13.3. The number of methoxy groups -OCH3 is 2. The van der Waals surface area contributed by atoms with E-state index in [1.807, 2.05) is 25.1 Å². The second-order valence-corrected chi connectivity index (χ2v) is 4.51. The number of amides is 1. The summed E-state index contributed by atoms with van der Waals surface area (Å²) < 4.78 is 10.5. The first kappa shape index (κ1) is 15.3. The molecule has 0 aliphatic carbocycles. The van der Waals surface area contributed by atoms with E-state index in [0.717, 1.165) is 17.1 Å². The van der Waals surface area contributed by atoms with Crippen LogP contribution in [0.15, 0.2) is 18.2 Å². The van der Waals surface area contributed by atoms with Crippen molar-refractivity contribution in [1.82, 2.24) is 10.2 Å². The summed E-state index contributed by atoms with van der Waals surface area (Å²) in [5.74, 6) is 1.54. The SMILES string of the molecule is COc1ccc(CNC(C)C(=O)N(C)C)c(OC)c1. The monoisotopic (exact) mass is 266 g/mol. The summed E-state index contributed by atoms with van der Waals surface area (Å²) in [6.07, 6.45) is 0. The molecule has 0 saturated carbocycles. The van der Waals surface area contributed by atoms with Crippen LogP contribution >= 0.6 is 0 Å². The molecule has 0 fully saturated rings. The van der Waals surface area contributed by atoms with Gasteiger partial charge in [0.05, 0.1) is 20.3 Å². The van der Waals surface area contributed by atoms with Crippen molar-refractivity contribution in [2.24, 2.45) is 0 Å². The Morgan fingerprint density at radius 3 is 2.53 bits per heavy atom. The number of rotatable bonds is 6. The predicted octanol–water partition coefficient (Wildman–Crippen LogP) is 1.27. The summed E-state index contributed by atoms with van der Waals surface area (Å²) in [6.45, 7) is 2.41. The molecule has 1 aromatic carbocycles. The van der Waals surface area contributed by atoms with Crippen molar-refractivity contribution in [2.45, 2.75) is 19.5 Å². The molecule has 1 aromatic rings. The highest BCUT2D eigenvalue weighted by Crippen LogP contribution is 2.24. The number of carbonyl (C=O) groups excluding carboxylic acids is 1. The van der Waals surface area contributed by atoms with E-state index in [2.05, 4.69) is 5.32 Å². The fraction of sp³-hybridized carbons (Fsp3) is 0.500. The van der Waals surface area contributed by atoms with Crippen molar-refractivity contribution in [1.29, 1.82) is 0 Å². The van der Waals surface area contributed by atoms with E-state index in [0.29, 0.717) is 6.54 Å². The maximum absolute atomic E-state index is 11.7. The molecule has 5 nitrogen and oxygen atoms in total. The Bertz CT molecular complexity index is 433. The van der Waals surface area contributed by atoms with E-state index in [-0.39, 0.29) is 11.9 Å². The van der Waals surface area contributed by atoms with Crippen LogP contribution in [0.25, 0.3) is 0 Å². The van der Waals surface area contributed by atoms with Gasteiger partial charge in [0.1, 0.15) is 11.5 Å². The maximum Gasteiger partial charge on any atom is 0.238 e. The van der Waals surface area contributed by atoms with E-state index >= 15 is 0 Å². The number of carbonyl (C=O) groups is 1. The summed E-state index contributed by atoms with van der Waals surface area (Å²) >= 11 is 0. The quantitative estimate of drug-likeness (QED) is 0.842. The number of likely N-dealkylation sites (N-methyl/N-ethyl adjacent to an activating group) is 1. The number of benzene rings is 1.